The highest BCUT2D eigenvalue weighted by Crippen LogP contribution is 2.35. The van der Waals surface area contributed by atoms with Crippen LogP contribution in [0.2, 0.25) is 10.0 Å². The molecule has 7 heteroatoms. The first-order valence-corrected chi connectivity index (χ1v) is 9.63. The molecule has 0 aliphatic carbocycles. The molecule has 1 unspecified atom stereocenters. The lowest BCUT2D eigenvalue weighted by Crippen LogP contribution is -2.20. The molecule has 25 heavy (non-hydrogen) atoms. The molecule has 126 valence electrons. The van der Waals surface area contributed by atoms with Crippen molar-refractivity contribution in [2.24, 2.45) is 0 Å². The Morgan fingerprint density at radius 2 is 1.88 bits per heavy atom. The van der Waals surface area contributed by atoms with Crippen molar-refractivity contribution >= 4 is 46.6 Å². The van der Waals surface area contributed by atoms with Crippen LogP contribution in [-0.2, 0) is 0 Å². The first-order chi connectivity index (χ1) is 12.2. The number of anilines is 1. The SMILES string of the molecule is CSc1nc2n(n1)C(c1ccc(Cl)c(Cl)c1)C=C(c1ccccc1)N2. The second kappa shape index (κ2) is 6.75. The van der Waals surface area contributed by atoms with Crippen molar-refractivity contribution in [2.75, 3.05) is 11.6 Å². The Kier molecular flexibility index (Phi) is 4.46. The van der Waals surface area contributed by atoms with Crippen molar-refractivity contribution in [1.29, 1.82) is 0 Å². The van der Waals surface area contributed by atoms with E-state index in [0.29, 0.717) is 16.0 Å². The monoisotopic (exact) mass is 388 g/mol. The third-order valence-corrected chi connectivity index (χ3v) is 5.28. The van der Waals surface area contributed by atoms with Gasteiger partial charge in [0.05, 0.1) is 10.0 Å². The maximum Gasteiger partial charge on any atom is 0.227 e. The molecule has 0 saturated carbocycles. The molecule has 1 aliphatic heterocycles. The molecule has 0 saturated heterocycles. The molecule has 0 spiro atoms. The van der Waals surface area contributed by atoms with Gasteiger partial charge in [0.15, 0.2) is 0 Å². The summed E-state index contributed by atoms with van der Waals surface area (Å²) in [6, 6.07) is 15.7. The molecule has 0 bridgehead atoms. The van der Waals surface area contributed by atoms with Crippen LogP contribution in [0, 0.1) is 0 Å². The Labute approximate surface area is 159 Å². The zero-order valence-electron chi connectivity index (χ0n) is 13.3. The van der Waals surface area contributed by atoms with Gasteiger partial charge in [0.2, 0.25) is 11.1 Å². The first kappa shape index (κ1) is 16.5. The Morgan fingerprint density at radius 3 is 2.60 bits per heavy atom. The zero-order valence-corrected chi connectivity index (χ0v) is 15.6. The average Bonchev–Trinajstić information content (AvgIpc) is 3.07. The van der Waals surface area contributed by atoms with Crippen LogP contribution in [0.15, 0.2) is 59.8 Å². The fraction of sp³-hybridized carbons (Fsp3) is 0.111. The van der Waals surface area contributed by atoms with Crippen molar-refractivity contribution in [1.82, 2.24) is 14.8 Å². The highest BCUT2D eigenvalue weighted by molar-refractivity contribution is 7.98. The van der Waals surface area contributed by atoms with Gasteiger partial charge in [-0.05, 0) is 35.6 Å². The first-order valence-electron chi connectivity index (χ1n) is 7.65. The molecule has 0 fully saturated rings. The number of thioether (sulfide) groups is 1. The lowest BCUT2D eigenvalue weighted by molar-refractivity contribution is 0.598. The van der Waals surface area contributed by atoms with E-state index in [9.17, 15) is 0 Å². The topological polar surface area (TPSA) is 42.7 Å². The predicted octanol–water partition coefficient (Wildman–Crippen LogP) is 5.36. The number of hydrogen-bond acceptors (Lipinski definition) is 4. The molecule has 0 radical (unpaired) electrons. The van der Waals surface area contributed by atoms with Crippen molar-refractivity contribution in [3.05, 3.63) is 75.8 Å². The van der Waals surface area contributed by atoms with Crippen LogP contribution in [0.4, 0.5) is 5.95 Å². The summed E-state index contributed by atoms with van der Waals surface area (Å²) in [5.74, 6) is 0.710. The van der Waals surface area contributed by atoms with Gasteiger partial charge in [-0.15, -0.1) is 5.10 Å². The quantitative estimate of drug-likeness (QED) is 0.612. The van der Waals surface area contributed by atoms with Crippen LogP contribution in [0.25, 0.3) is 5.70 Å². The predicted molar refractivity (Wildman–Crippen MR) is 104 cm³/mol. The molecule has 4 rings (SSSR count). The molecule has 2 heterocycles. The Bertz CT molecular complexity index is 953. The van der Waals surface area contributed by atoms with E-state index >= 15 is 0 Å². The standard InChI is InChI=1S/C18H14Cl2N4S/c1-25-18-22-17-21-15(11-5-3-2-4-6-11)10-16(24(17)23-18)12-7-8-13(19)14(20)9-12/h2-10,16H,1H3,(H,21,22,23). The fourth-order valence-electron chi connectivity index (χ4n) is 2.78. The number of hydrogen-bond donors (Lipinski definition) is 1. The molecular weight excluding hydrogens is 375 g/mol. The van der Waals surface area contributed by atoms with Gasteiger partial charge in [-0.1, -0.05) is 71.4 Å². The number of rotatable bonds is 3. The minimum absolute atomic E-state index is 0.116. The molecule has 0 amide bonds. The zero-order chi connectivity index (χ0) is 17.4. The normalized spacial score (nSPS) is 16.1. The van der Waals surface area contributed by atoms with Crippen molar-refractivity contribution < 1.29 is 0 Å². The van der Waals surface area contributed by atoms with Crippen molar-refractivity contribution in [3.63, 3.8) is 0 Å². The highest BCUT2D eigenvalue weighted by Gasteiger charge is 2.25. The third kappa shape index (κ3) is 3.15. The number of benzene rings is 2. The largest absolute Gasteiger partial charge is 0.324 e. The van der Waals surface area contributed by atoms with Gasteiger partial charge >= 0.3 is 0 Å². The van der Waals surface area contributed by atoms with Crippen molar-refractivity contribution in [3.8, 4) is 0 Å². The number of nitrogens with zero attached hydrogens (tertiary/aromatic N) is 3. The summed E-state index contributed by atoms with van der Waals surface area (Å²) >= 11 is 13.8. The maximum absolute atomic E-state index is 6.23. The number of allylic oxidation sites excluding steroid dienone is 1. The lowest BCUT2D eigenvalue weighted by atomic mass is 10.0. The van der Waals surface area contributed by atoms with Gasteiger partial charge in [-0.2, -0.15) is 4.98 Å². The summed E-state index contributed by atoms with van der Waals surface area (Å²) in [5, 5.41) is 9.75. The van der Waals surface area contributed by atoms with Crippen LogP contribution in [0.3, 0.4) is 0 Å². The van der Waals surface area contributed by atoms with Crippen LogP contribution in [0.5, 0.6) is 0 Å². The summed E-state index contributed by atoms with van der Waals surface area (Å²) in [5.41, 5.74) is 3.08. The van der Waals surface area contributed by atoms with E-state index in [2.05, 4.69) is 33.6 Å². The van der Waals surface area contributed by atoms with Gasteiger partial charge in [0, 0.05) is 5.70 Å². The molecule has 2 aromatic carbocycles. The van der Waals surface area contributed by atoms with E-state index in [4.69, 9.17) is 23.2 Å². The molecule has 1 aromatic heterocycles. The van der Waals surface area contributed by atoms with Crippen LogP contribution in [-0.4, -0.2) is 21.0 Å². The molecule has 4 nitrogen and oxygen atoms in total. The number of nitrogens with one attached hydrogen (secondary N) is 1. The number of halogens is 2. The minimum atomic E-state index is -0.116. The molecule has 3 aromatic rings. The highest BCUT2D eigenvalue weighted by atomic mass is 35.5. The second-order valence-corrected chi connectivity index (χ2v) is 7.14. The Balaban J connectivity index is 1.85. The van der Waals surface area contributed by atoms with Gasteiger partial charge in [0.25, 0.3) is 0 Å². The average molecular weight is 389 g/mol. The van der Waals surface area contributed by atoms with Crippen LogP contribution < -0.4 is 5.32 Å². The summed E-state index contributed by atoms with van der Waals surface area (Å²) in [6.07, 6.45) is 4.09. The van der Waals surface area contributed by atoms with Gasteiger partial charge < -0.3 is 5.32 Å². The molecular formula is C18H14Cl2N4S. The summed E-state index contributed by atoms with van der Waals surface area (Å²) in [6.45, 7) is 0. The van der Waals surface area contributed by atoms with Crippen molar-refractivity contribution in [2.45, 2.75) is 11.2 Å². The van der Waals surface area contributed by atoms with Crippen LogP contribution in [0.1, 0.15) is 17.2 Å². The molecule has 1 atom stereocenters. The van der Waals surface area contributed by atoms with E-state index in [1.807, 2.05) is 47.3 Å². The van der Waals surface area contributed by atoms with Crippen LogP contribution >= 0.6 is 35.0 Å². The van der Waals surface area contributed by atoms with Gasteiger partial charge in [0.1, 0.15) is 6.04 Å². The summed E-state index contributed by atoms with van der Waals surface area (Å²) in [7, 11) is 0. The number of fused-ring (bicyclic) bond motifs is 1. The van der Waals surface area contributed by atoms with Gasteiger partial charge in [-0.25, -0.2) is 4.68 Å². The van der Waals surface area contributed by atoms with E-state index in [1.165, 1.54) is 11.8 Å². The third-order valence-electron chi connectivity index (χ3n) is 4.00. The Hall–Kier alpha value is -1.95. The lowest BCUT2D eigenvalue weighted by Gasteiger charge is -2.24. The number of aromatic nitrogens is 3. The van der Waals surface area contributed by atoms with Gasteiger partial charge in [-0.3, -0.25) is 0 Å². The smallest absolute Gasteiger partial charge is 0.227 e. The van der Waals surface area contributed by atoms with E-state index in [0.717, 1.165) is 22.0 Å². The second-order valence-electron chi connectivity index (χ2n) is 5.56. The minimum Gasteiger partial charge on any atom is -0.324 e. The van der Waals surface area contributed by atoms with E-state index in [-0.39, 0.29) is 6.04 Å². The Morgan fingerprint density at radius 1 is 1.08 bits per heavy atom. The summed E-state index contributed by atoms with van der Waals surface area (Å²) in [4.78, 5) is 4.56. The summed E-state index contributed by atoms with van der Waals surface area (Å²) < 4.78 is 1.87. The molecule has 1 N–H and O–H groups in total. The van der Waals surface area contributed by atoms with E-state index < -0.39 is 0 Å². The van der Waals surface area contributed by atoms with E-state index in [1.54, 1.807) is 0 Å². The fourth-order valence-corrected chi connectivity index (χ4v) is 3.43. The molecule has 1 aliphatic rings. The maximum atomic E-state index is 6.23.